The number of para-hydroxylation sites is 1. The van der Waals surface area contributed by atoms with Gasteiger partial charge >= 0.3 is 0 Å². The minimum atomic E-state index is -0.744. The van der Waals surface area contributed by atoms with Crippen molar-refractivity contribution in [2.75, 3.05) is 51.8 Å². The van der Waals surface area contributed by atoms with E-state index in [1.807, 2.05) is 42.1 Å². The zero-order valence-electron chi connectivity index (χ0n) is 16.0. The lowest BCUT2D eigenvalue weighted by atomic mass is 9.60. The minimum Gasteiger partial charge on any atom is -0.298 e. The number of ketones is 1. The Bertz CT molecular complexity index is 793. The van der Waals surface area contributed by atoms with Crippen LogP contribution in [0, 0.1) is 10.8 Å². The maximum Gasteiger partial charge on any atom is 0.268 e. The van der Waals surface area contributed by atoms with Crippen molar-refractivity contribution in [3.63, 3.8) is 0 Å². The van der Waals surface area contributed by atoms with Gasteiger partial charge in [0.05, 0.1) is 23.2 Å². The summed E-state index contributed by atoms with van der Waals surface area (Å²) in [5, 5.41) is 0. The van der Waals surface area contributed by atoms with Gasteiger partial charge in [-0.3, -0.25) is 29.2 Å². The first kappa shape index (κ1) is 16.4. The summed E-state index contributed by atoms with van der Waals surface area (Å²) in [5.41, 5.74) is 0.582. The number of benzene rings is 1. The van der Waals surface area contributed by atoms with Gasteiger partial charge in [0, 0.05) is 31.7 Å². The number of hydrogen-bond acceptors (Lipinski definition) is 5. The van der Waals surface area contributed by atoms with Crippen LogP contribution >= 0.6 is 0 Å². The van der Waals surface area contributed by atoms with Gasteiger partial charge in [0.15, 0.2) is 5.66 Å². The monoisotopic (exact) mass is 354 g/mol. The Morgan fingerprint density at radius 1 is 0.962 bits per heavy atom. The first-order chi connectivity index (χ1) is 12.2. The van der Waals surface area contributed by atoms with Crippen LogP contribution in [-0.4, -0.2) is 73.3 Å². The molecule has 0 atom stereocenters. The maximum atomic E-state index is 13.8. The van der Waals surface area contributed by atoms with Gasteiger partial charge in [-0.05, 0) is 20.2 Å². The highest BCUT2D eigenvalue weighted by Crippen LogP contribution is 2.58. The lowest BCUT2D eigenvalue weighted by Crippen LogP contribution is -2.83. The molecule has 4 saturated heterocycles. The SMILES string of the molecule is CN(C)CN1C(=O)C2(c3ccccc31)N1CC3(C)CN2CC(C)(C1)C3=O. The molecule has 5 heterocycles. The standard InChI is InChI=1S/C20H26N4O2/c1-18-9-22-11-19(2,16(18)25)12-23(10-18)20(22)14-7-5-6-8-15(14)24(17(20)26)13-21(3)4/h5-8H,9-13H2,1-4H3. The highest BCUT2D eigenvalue weighted by Gasteiger charge is 2.72. The normalized spacial score (nSPS) is 43.0. The Labute approximate surface area is 154 Å². The van der Waals surface area contributed by atoms with E-state index in [0.717, 1.165) is 11.3 Å². The first-order valence-corrected chi connectivity index (χ1v) is 9.34. The van der Waals surface area contributed by atoms with Crippen LogP contribution in [0.5, 0.6) is 0 Å². The van der Waals surface area contributed by atoms with Crippen LogP contribution in [0.25, 0.3) is 0 Å². The summed E-state index contributed by atoms with van der Waals surface area (Å²) in [5.74, 6) is 0.502. The molecule has 5 aliphatic heterocycles. The Balaban J connectivity index is 1.69. The summed E-state index contributed by atoms with van der Waals surface area (Å²) in [4.78, 5) is 35.3. The third-order valence-electron chi connectivity index (χ3n) is 6.71. The number of anilines is 1. The zero-order chi connectivity index (χ0) is 18.5. The van der Waals surface area contributed by atoms with E-state index in [1.54, 1.807) is 0 Å². The molecule has 1 aromatic carbocycles. The topological polar surface area (TPSA) is 47.1 Å². The molecule has 6 rings (SSSR count). The molecule has 1 amide bonds. The number of Topliss-reactive ketones (excluding diaryl/α,β-unsaturated/α-hetero) is 1. The van der Waals surface area contributed by atoms with Crippen LogP contribution in [0.2, 0.25) is 0 Å². The highest BCUT2D eigenvalue weighted by atomic mass is 16.2. The molecule has 4 bridgehead atoms. The van der Waals surface area contributed by atoms with Crippen LogP contribution in [-0.2, 0) is 15.3 Å². The molecule has 0 saturated carbocycles. The first-order valence-electron chi connectivity index (χ1n) is 9.34. The van der Waals surface area contributed by atoms with Crippen molar-refractivity contribution in [3.8, 4) is 0 Å². The summed E-state index contributed by atoms with van der Waals surface area (Å²) in [6.45, 7) is 7.35. The fourth-order valence-corrected chi connectivity index (χ4v) is 6.02. The molecule has 0 aliphatic carbocycles. The largest absolute Gasteiger partial charge is 0.298 e. The Morgan fingerprint density at radius 2 is 1.50 bits per heavy atom. The highest BCUT2D eigenvalue weighted by molar-refractivity contribution is 6.08. The number of carbonyl (C=O) groups is 2. The van der Waals surface area contributed by atoms with Crippen LogP contribution < -0.4 is 4.90 Å². The average molecular weight is 354 g/mol. The minimum absolute atomic E-state index is 0.130. The molecule has 0 N–H and O–H groups in total. The number of carbonyl (C=O) groups excluding carboxylic acids is 2. The smallest absolute Gasteiger partial charge is 0.268 e. The predicted molar refractivity (Wildman–Crippen MR) is 98.5 cm³/mol. The number of rotatable bonds is 2. The molecular weight excluding hydrogens is 328 g/mol. The van der Waals surface area contributed by atoms with Gasteiger partial charge in [-0.1, -0.05) is 32.0 Å². The molecule has 138 valence electrons. The van der Waals surface area contributed by atoms with Gasteiger partial charge in [-0.15, -0.1) is 0 Å². The van der Waals surface area contributed by atoms with E-state index in [0.29, 0.717) is 38.6 Å². The Morgan fingerprint density at radius 3 is 2.04 bits per heavy atom. The van der Waals surface area contributed by atoms with Gasteiger partial charge in [-0.25, -0.2) is 0 Å². The van der Waals surface area contributed by atoms with E-state index >= 15 is 0 Å². The summed E-state index contributed by atoms with van der Waals surface area (Å²) in [6, 6.07) is 8.17. The van der Waals surface area contributed by atoms with Crippen molar-refractivity contribution < 1.29 is 9.59 Å². The van der Waals surface area contributed by atoms with Crippen LogP contribution in [0.3, 0.4) is 0 Å². The van der Waals surface area contributed by atoms with Gasteiger partial charge in [0.1, 0.15) is 5.78 Å². The second-order valence-corrected chi connectivity index (χ2v) is 9.31. The molecule has 26 heavy (non-hydrogen) atoms. The van der Waals surface area contributed by atoms with Crippen molar-refractivity contribution in [2.45, 2.75) is 19.5 Å². The van der Waals surface area contributed by atoms with Gasteiger partial charge < -0.3 is 0 Å². The molecule has 0 radical (unpaired) electrons. The number of piperidine rings is 2. The third kappa shape index (κ3) is 1.68. The summed E-state index contributed by atoms with van der Waals surface area (Å²) in [7, 11) is 3.97. The van der Waals surface area contributed by atoms with E-state index < -0.39 is 5.66 Å². The number of amides is 1. The van der Waals surface area contributed by atoms with Crippen molar-refractivity contribution in [3.05, 3.63) is 29.8 Å². The quantitative estimate of drug-likeness (QED) is 0.791. The van der Waals surface area contributed by atoms with Crippen LogP contribution in [0.4, 0.5) is 5.69 Å². The molecule has 5 aliphatic rings. The zero-order valence-corrected chi connectivity index (χ0v) is 16.0. The number of nitrogens with zero attached hydrogens (tertiary/aromatic N) is 4. The van der Waals surface area contributed by atoms with Gasteiger partial charge in [0.2, 0.25) is 0 Å². The van der Waals surface area contributed by atoms with Crippen molar-refractivity contribution in [1.82, 2.24) is 14.7 Å². The van der Waals surface area contributed by atoms with Crippen molar-refractivity contribution in [2.24, 2.45) is 10.8 Å². The second kappa shape index (κ2) is 4.74. The summed E-state index contributed by atoms with van der Waals surface area (Å²) < 4.78 is 0. The maximum absolute atomic E-state index is 13.8. The lowest BCUT2D eigenvalue weighted by molar-refractivity contribution is -0.228. The Kier molecular flexibility index (Phi) is 2.99. The fourth-order valence-electron chi connectivity index (χ4n) is 6.02. The van der Waals surface area contributed by atoms with E-state index in [-0.39, 0.29) is 16.7 Å². The third-order valence-corrected chi connectivity index (χ3v) is 6.71. The number of fused-ring (bicyclic) bond motifs is 1. The van der Waals surface area contributed by atoms with E-state index in [2.05, 4.69) is 29.7 Å². The molecule has 6 nitrogen and oxygen atoms in total. The molecule has 0 aromatic heterocycles. The van der Waals surface area contributed by atoms with Crippen LogP contribution in [0.15, 0.2) is 24.3 Å². The molecule has 6 heteroatoms. The van der Waals surface area contributed by atoms with Crippen LogP contribution in [0.1, 0.15) is 19.4 Å². The average Bonchev–Trinajstić information content (AvgIpc) is 2.79. The fraction of sp³-hybridized carbons (Fsp3) is 0.600. The molecule has 0 unspecified atom stereocenters. The van der Waals surface area contributed by atoms with Gasteiger partial charge in [0.25, 0.3) is 5.91 Å². The van der Waals surface area contributed by atoms with E-state index in [4.69, 9.17) is 0 Å². The second-order valence-electron chi connectivity index (χ2n) is 9.31. The summed E-state index contributed by atoms with van der Waals surface area (Å²) >= 11 is 0. The summed E-state index contributed by atoms with van der Waals surface area (Å²) in [6.07, 6.45) is 0. The Hall–Kier alpha value is -1.76. The number of hydrogen-bond donors (Lipinski definition) is 0. The van der Waals surface area contributed by atoms with E-state index in [9.17, 15) is 9.59 Å². The van der Waals surface area contributed by atoms with E-state index in [1.165, 1.54) is 0 Å². The molecular formula is C20H26N4O2. The van der Waals surface area contributed by atoms with Crippen molar-refractivity contribution in [1.29, 1.82) is 0 Å². The molecule has 1 aromatic rings. The van der Waals surface area contributed by atoms with Gasteiger partial charge in [-0.2, -0.15) is 0 Å². The molecule has 4 fully saturated rings. The predicted octanol–water partition coefficient (Wildman–Crippen LogP) is 0.932. The molecule has 1 spiro atoms. The van der Waals surface area contributed by atoms with Crippen molar-refractivity contribution >= 4 is 17.4 Å². The lowest BCUT2D eigenvalue weighted by Gasteiger charge is -2.68.